The number of anilines is 1. The van der Waals surface area contributed by atoms with Crippen molar-refractivity contribution in [2.75, 3.05) is 32.1 Å². The third-order valence-electron chi connectivity index (χ3n) is 8.02. The largest absolute Gasteiger partial charge is 0.497 e. The number of nitrogens with zero attached hydrogens (tertiary/aromatic N) is 3. The van der Waals surface area contributed by atoms with E-state index >= 15 is 0 Å². The molecule has 0 amide bonds. The van der Waals surface area contributed by atoms with Gasteiger partial charge in [0.1, 0.15) is 18.8 Å². The van der Waals surface area contributed by atoms with Gasteiger partial charge in [-0.15, -0.1) is 0 Å². The molecule has 2 bridgehead atoms. The number of esters is 1. The van der Waals surface area contributed by atoms with E-state index in [0.717, 1.165) is 59.5 Å². The van der Waals surface area contributed by atoms with Crippen LogP contribution in [0.25, 0.3) is 11.5 Å². The van der Waals surface area contributed by atoms with Gasteiger partial charge in [0.25, 0.3) is 5.89 Å². The van der Waals surface area contributed by atoms with Crippen LogP contribution in [0.4, 0.5) is 5.69 Å². The maximum absolute atomic E-state index is 13.6. The first-order valence-corrected chi connectivity index (χ1v) is 13.5. The molecule has 200 valence electrons. The van der Waals surface area contributed by atoms with Gasteiger partial charge in [0.2, 0.25) is 5.82 Å². The molecule has 3 aromatic carbocycles. The minimum atomic E-state index is -0.583. The van der Waals surface area contributed by atoms with Gasteiger partial charge in [0.15, 0.2) is 12.1 Å². The number of hydrogen-bond acceptors (Lipinski definition) is 7. The zero-order valence-corrected chi connectivity index (χ0v) is 22.0. The highest BCUT2D eigenvalue weighted by Crippen LogP contribution is 2.38. The predicted molar refractivity (Wildman–Crippen MR) is 147 cm³/mol. The van der Waals surface area contributed by atoms with Crippen molar-refractivity contribution >= 4 is 11.7 Å². The molecule has 4 heterocycles. The molecule has 3 fully saturated rings. The summed E-state index contributed by atoms with van der Waals surface area (Å²) in [4.78, 5) is 18.3. The van der Waals surface area contributed by atoms with Gasteiger partial charge in [0, 0.05) is 30.0 Å². The van der Waals surface area contributed by atoms with E-state index in [1.165, 1.54) is 0 Å². The van der Waals surface area contributed by atoms with Crippen molar-refractivity contribution in [2.24, 2.45) is 5.92 Å². The number of piperidine rings is 3. The first-order valence-electron chi connectivity index (χ1n) is 13.5. The molecular formula is C31H33N4O4+. The van der Waals surface area contributed by atoms with Crippen LogP contribution in [0.1, 0.15) is 30.3 Å². The highest BCUT2D eigenvalue weighted by molar-refractivity contribution is 5.81. The molecular weight excluding hydrogens is 492 g/mol. The van der Waals surface area contributed by atoms with E-state index < -0.39 is 6.04 Å². The maximum Gasteiger partial charge on any atom is 0.333 e. The summed E-state index contributed by atoms with van der Waals surface area (Å²) in [5.74, 6) is 2.02. The number of rotatable bonds is 9. The monoisotopic (exact) mass is 525 g/mol. The minimum absolute atomic E-state index is 0.145. The van der Waals surface area contributed by atoms with Crippen LogP contribution in [0.5, 0.6) is 5.75 Å². The third-order valence-corrected chi connectivity index (χ3v) is 8.02. The summed E-state index contributed by atoms with van der Waals surface area (Å²) >= 11 is 0. The van der Waals surface area contributed by atoms with Crippen LogP contribution < -0.4 is 10.1 Å². The number of aromatic nitrogens is 2. The van der Waals surface area contributed by atoms with E-state index in [4.69, 9.17) is 19.0 Å². The summed E-state index contributed by atoms with van der Waals surface area (Å²) < 4.78 is 18.0. The average Bonchev–Trinajstić information content (AvgIpc) is 3.45. The summed E-state index contributed by atoms with van der Waals surface area (Å²) in [5, 5.41) is 7.68. The van der Waals surface area contributed by atoms with Crippen molar-refractivity contribution in [1.82, 2.24) is 10.1 Å². The molecule has 8 heteroatoms. The van der Waals surface area contributed by atoms with Crippen LogP contribution in [0.2, 0.25) is 0 Å². The Morgan fingerprint density at radius 2 is 1.77 bits per heavy atom. The van der Waals surface area contributed by atoms with Crippen molar-refractivity contribution in [3.63, 3.8) is 0 Å². The molecule has 1 unspecified atom stereocenters. The molecule has 1 N–H and O–H groups in total. The molecule has 4 aromatic rings. The summed E-state index contributed by atoms with van der Waals surface area (Å²) in [6, 6.07) is 26.6. The van der Waals surface area contributed by atoms with E-state index in [-0.39, 0.29) is 12.1 Å². The first kappa shape index (κ1) is 25.1. The number of para-hydroxylation sites is 1. The van der Waals surface area contributed by atoms with Crippen molar-refractivity contribution < 1.29 is 23.3 Å². The van der Waals surface area contributed by atoms with Gasteiger partial charge in [-0.1, -0.05) is 59.8 Å². The number of nitrogens with one attached hydrogen (secondary N) is 1. The summed E-state index contributed by atoms with van der Waals surface area (Å²) in [5.41, 5.74) is 2.59. The van der Waals surface area contributed by atoms with E-state index in [1.807, 2.05) is 84.9 Å². The Labute approximate surface area is 228 Å². The number of hydrogen-bond donors (Lipinski definition) is 1. The molecule has 0 aliphatic carbocycles. The van der Waals surface area contributed by atoms with E-state index in [9.17, 15) is 4.79 Å². The van der Waals surface area contributed by atoms with Gasteiger partial charge in [-0.2, -0.15) is 4.98 Å². The lowest BCUT2D eigenvalue weighted by Crippen LogP contribution is -2.64. The lowest BCUT2D eigenvalue weighted by molar-refractivity contribution is -0.958. The van der Waals surface area contributed by atoms with Gasteiger partial charge in [-0.25, -0.2) is 4.79 Å². The fraction of sp³-hybridized carbons (Fsp3) is 0.323. The second-order valence-corrected chi connectivity index (χ2v) is 10.5. The molecule has 39 heavy (non-hydrogen) atoms. The van der Waals surface area contributed by atoms with E-state index in [2.05, 4.69) is 10.5 Å². The van der Waals surface area contributed by atoms with Crippen LogP contribution in [-0.2, 0) is 16.1 Å². The highest BCUT2D eigenvalue weighted by Gasteiger charge is 2.48. The van der Waals surface area contributed by atoms with Crippen LogP contribution in [0, 0.1) is 5.92 Å². The van der Waals surface area contributed by atoms with Gasteiger partial charge in [0.05, 0.1) is 20.2 Å². The van der Waals surface area contributed by atoms with Gasteiger partial charge >= 0.3 is 5.97 Å². The second kappa shape index (κ2) is 10.9. The standard InChI is InChI=1S/C31H33N4O4/c1-37-26-14-8-11-24(19-26)30-33-28(34-39-30)21-35-17-15-22(16-18-35)27(20-35)38-31(36)29(23-9-4-2-5-10-23)32-25-12-6-3-7-13-25/h2-14,19,22,27,29,32H,15-18,20-21H2,1H3/q+1/t22?,27?,29-,35?/m1/s1. The molecule has 1 aromatic heterocycles. The van der Waals surface area contributed by atoms with Crippen molar-refractivity contribution in [3.8, 4) is 17.2 Å². The molecule has 8 nitrogen and oxygen atoms in total. The van der Waals surface area contributed by atoms with Crippen LogP contribution in [0.3, 0.4) is 0 Å². The zero-order chi connectivity index (χ0) is 26.7. The Morgan fingerprint density at radius 3 is 2.51 bits per heavy atom. The fourth-order valence-electron chi connectivity index (χ4n) is 5.91. The average molecular weight is 526 g/mol. The Kier molecular flexibility index (Phi) is 7.02. The molecule has 3 saturated heterocycles. The highest BCUT2D eigenvalue weighted by atomic mass is 16.5. The van der Waals surface area contributed by atoms with Crippen molar-refractivity contribution in [3.05, 3.63) is 96.3 Å². The van der Waals surface area contributed by atoms with Crippen LogP contribution in [0.15, 0.2) is 89.5 Å². The zero-order valence-electron chi connectivity index (χ0n) is 22.0. The number of methoxy groups -OCH3 is 1. The Morgan fingerprint density at radius 1 is 1.03 bits per heavy atom. The second-order valence-electron chi connectivity index (χ2n) is 10.5. The van der Waals surface area contributed by atoms with Gasteiger partial charge in [-0.05, 0) is 35.9 Å². The third kappa shape index (κ3) is 5.52. The van der Waals surface area contributed by atoms with Crippen molar-refractivity contribution in [2.45, 2.75) is 31.5 Å². The number of fused-ring (bicyclic) bond motifs is 3. The van der Waals surface area contributed by atoms with Crippen LogP contribution >= 0.6 is 0 Å². The molecule has 3 aliphatic rings. The normalized spacial score (nSPS) is 22.7. The number of quaternary nitrogens is 1. The molecule has 2 atom stereocenters. The SMILES string of the molecule is COc1cccc(-c2nc(C[N+]34CCC(CC3)C(OC(=O)[C@H](Nc3ccccc3)c3ccccc3)C4)no2)c1. The molecule has 0 spiro atoms. The van der Waals surface area contributed by atoms with E-state index in [1.54, 1.807) is 7.11 Å². The number of benzene rings is 3. The Hall–Kier alpha value is -4.17. The minimum Gasteiger partial charge on any atom is -0.497 e. The number of carbonyl (C=O) groups excluding carboxylic acids is 1. The lowest BCUT2D eigenvalue weighted by atomic mass is 9.83. The molecule has 3 aliphatic heterocycles. The van der Waals surface area contributed by atoms with Crippen molar-refractivity contribution in [1.29, 1.82) is 0 Å². The topological polar surface area (TPSA) is 86.5 Å². The number of ether oxygens (including phenoxy) is 2. The quantitative estimate of drug-likeness (QED) is 0.236. The molecule has 0 radical (unpaired) electrons. The maximum atomic E-state index is 13.6. The summed E-state index contributed by atoms with van der Waals surface area (Å²) in [6.07, 6.45) is 1.88. The smallest absolute Gasteiger partial charge is 0.333 e. The molecule has 0 saturated carbocycles. The van der Waals surface area contributed by atoms with Gasteiger partial charge in [-0.3, -0.25) is 0 Å². The number of carbonyl (C=O) groups is 1. The lowest BCUT2D eigenvalue weighted by Gasteiger charge is -2.51. The Bertz CT molecular complexity index is 1400. The predicted octanol–water partition coefficient (Wildman–Crippen LogP) is 5.25. The summed E-state index contributed by atoms with van der Waals surface area (Å²) in [6.45, 7) is 3.45. The summed E-state index contributed by atoms with van der Waals surface area (Å²) in [7, 11) is 1.64. The first-order chi connectivity index (χ1) is 19.1. The Balaban J connectivity index is 1.17. The van der Waals surface area contributed by atoms with Crippen LogP contribution in [-0.4, -0.2) is 53.4 Å². The fourth-order valence-corrected chi connectivity index (χ4v) is 5.91. The molecule has 7 rings (SSSR count). The van der Waals surface area contributed by atoms with Gasteiger partial charge < -0.3 is 23.8 Å². The van der Waals surface area contributed by atoms with E-state index in [0.29, 0.717) is 24.2 Å².